The number of likely N-dealkylation sites (tertiary alicyclic amines) is 1. The van der Waals surface area contributed by atoms with Gasteiger partial charge in [-0.15, -0.1) is 0 Å². The molecule has 1 aromatic carbocycles. The number of methoxy groups -OCH3 is 1. The lowest BCUT2D eigenvalue weighted by molar-refractivity contribution is -0.121. The first-order valence-corrected chi connectivity index (χ1v) is 9.08. The quantitative estimate of drug-likeness (QED) is 0.713. The van der Waals surface area contributed by atoms with Gasteiger partial charge in [0.05, 0.1) is 25.7 Å². The van der Waals surface area contributed by atoms with Crippen molar-refractivity contribution in [3.05, 3.63) is 29.8 Å². The second-order valence-electron chi connectivity index (χ2n) is 5.49. The lowest BCUT2D eigenvalue weighted by atomic mass is 10.0. The van der Waals surface area contributed by atoms with Crippen LogP contribution in [0, 0.1) is 0 Å². The molecule has 1 amide bonds. The average Bonchev–Trinajstić information content (AvgIpc) is 2.96. The average molecular weight is 384 g/mol. The molecule has 2 rings (SSSR count). The van der Waals surface area contributed by atoms with Crippen LogP contribution in [-0.4, -0.2) is 57.6 Å². The van der Waals surface area contributed by atoms with Gasteiger partial charge in [-0.25, -0.2) is 0 Å². The molecular formula is C15H20N4O4S2. The SMILES string of the molecule is CNC(=S)NC(=O)CN1CCC(N=S(=O)=O)C1c1ccc(OC)cc1. The summed E-state index contributed by atoms with van der Waals surface area (Å²) in [6.07, 6.45) is 0.550. The zero-order valence-electron chi connectivity index (χ0n) is 13.9. The molecular weight excluding hydrogens is 364 g/mol. The molecule has 1 aliphatic heterocycles. The van der Waals surface area contributed by atoms with Crippen molar-refractivity contribution in [2.24, 2.45) is 4.36 Å². The monoisotopic (exact) mass is 384 g/mol. The molecule has 0 radical (unpaired) electrons. The number of amides is 1. The van der Waals surface area contributed by atoms with Crippen LogP contribution in [0.5, 0.6) is 5.75 Å². The molecule has 10 heteroatoms. The van der Waals surface area contributed by atoms with Gasteiger partial charge in [0.1, 0.15) is 5.75 Å². The van der Waals surface area contributed by atoms with Crippen molar-refractivity contribution in [3.8, 4) is 5.75 Å². The number of nitrogens with zero attached hydrogens (tertiary/aromatic N) is 2. The van der Waals surface area contributed by atoms with Crippen LogP contribution in [0.2, 0.25) is 0 Å². The van der Waals surface area contributed by atoms with E-state index in [0.717, 1.165) is 5.56 Å². The fraction of sp³-hybridized carbons (Fsp3) is 0.467. The summed E-state index contributed by atoms with van der Waals surface area (Å²) in [7, 11) is 0.694. The van der Waals surface area contributed by atoms with E-state index in [2.05, 4.69) is 15.0 Å². The van der Waals surface area contributed by atoms with Crippen molar-refractivity contribution < 1.29 is 17.9 Å². The van der Waals surface area contributed by atoms with Crippen LogP contribution in [0.15, 0.2) is 28.6 Å². The lowest BCUT2D eigenvalue weighted by Gasteiger charge is -2.26. The number of thiocarbonyl (C=S) groups is 1. The molecule has 1 saturated heterocycles. The molecule has 1 aromatic rings. The number of nitrogens with one attached hydrogen (secondary N) is 2. The number of hydrogen-bond donors (Lipinski definition) is 2. The molecule has 2 atom stereocenters. The Morgan fingerprint density at radius 3 is 2.64 bits per heavy atom. The first kappa shape index (κ1) is 19.3. The number of hydrogen-bond acceptors (Lipinski definition) is 7. The Kier molecular flexibility index (Phi) is 6.85. The molecule has 2 unspecified atom stereocenters. The van der Waals surface area contributed by atoms with E-state index >= 15 is 0 Å². The van der Waals surface area contributed by atoms with Crippen molar-refractivity contribution in [3.63, 3.8) is 0 Å². The molecule has 0 aliphatic carbocycles. The third-order valence-electron chi connectivity index (χ3n) is 3.98. The van der Waals surface area contributed by atoms with Gasteiger partial charge in [-0.3, -0.25) is 9.69 Å². The van der Waals surface area contributed by atoms with Crippen LogP contribution < -0.4 is 15.4 Å². The molecule has 1 fully saturated rings. The van der Waals surface area contributed by atoms with Crippen LogP contribution in [0.3, 0.4) is 0 Å². The van der Waals surface area contributed by atoms with Crippen molar-refractivity contribution in [2.45, 2.75) is 18.5 Å². The summed E-state index contributed by atoms with van der Waals surface area (Å²) in [5.74, 6) is 0.438. The van der Waals surface area contributed by atoms with E-state index in [9.17, 15) is 13.2 Å². The van der Waals surface area contributed by atoms with Crippen molar-refractivity contribution in [1.82, 2.24) is 15.5 Å². The fourth-order valence-electron chi connectivity index (χ4n) is 2.88. The van der Waals surface area contributed by atoms with Crippen molar-refractivity contribution >= 4 is 33.7 Å². The Morgan fingerprint density at radius 1 is 1.40 bits per heavy atom. The molecule has 8 nitrogen and oxygen atoms in total. The summed E-state index contributed by atoms with van der Waals surface area (Å²) < 4.78 is 31.0. The summed E-state index contributed by atoms with van der Waals surface area (Å²) in [5, 5.41) is 5.49. The standard InChI is InChI=1S/C15H20N4O4S2/c1-16-15(24)17-13(20)9-19-8-7-12(18-25(21)22)14(19)10-3-5-11(23-2)6-4-10/h3-6,12,14H,7-9H2,1-2H3,(H2,16,17,20,24). The third kappa shape index (κ3) is 5.21. The Balaban J connectivity index is 2.23. The summed E-state index contributed by atoms with van der Waals surface area (Å²) in [4.78, 5) is 14.0. The van der Waals surface area contributed by atoms with Gasteiger partial charge in [-0.1, -0.05) is 12.1 Å². The van der Waals surface area contributed by atoms with Crippen LogP contribution in [0.4, 0.5) is 0 Å². The topological polar surface area (TPSA) is 100 Å². The van der Waals surface area contributed by atoms with E-state index in [1.54, 1.807) is 26.3 Å². The van der Waals surface area contributed by atoms with E-state index in [-0.39, 0.29) is 23.6 Å². The molecule has 1 heterocycles. The van der Waals surface area contributed by atoms with Crippen LogP contribution in [-0.2, 0) is 15.3 Å². The fourth-order valence-corrected chi connectivity index (χ4v) is 3.44. The number of carbonyl (C=O) groups is 1. The minimum Gasteiger partial charge on any atom is -0.497 e. The maximum absolute atomic E-state index is 12.1. The molecule has 0 saturated carbocycles. The highest BCUT2D eigenvalue weighted by Crippen LogP contribution is 2.34. The largest absolute Gasteiger partial charge is 0.497 e. The molecule has 1 aliphatic rings. The summed E-state index contributed by atoms with van der Waals surface area (Å²) in [6, 6.07) is 6.57. The van der Waals surface area contributed by atoms with E-state index in [1.165, 1.54) is 0 Å². The van der Waals surface area contributed by atoms with Crippen molar-refractivity contribution in [1.29, 1.82) is 0 Å². The highest BCUT2D eigenvalue weighted by atomic mass is 32.2. The Hall–Kier alpha value is -2.04. The van der Waals surface area contributed by atoms with Crippen LogP contribution in [0.1, 0.15) is 18.0 Å². The molecule has 25 heavy (non-hydrogen) atoms. The highest BCUT2D eigenvalue weighted by molar-refractivity contribution is 7.80. The van der Waals surface area contributed by atoms with E-state index in [4.69, 9.17) is 17.0 Å². The van der Waals surface area contributed by atoms with Gasteiger partial charge < -0.3 is 15.4 Å². The smallest absolute Gasteiger partial charge is 0.311 e. The zero-order valence-corrected chi connectivity index (χ0v) is 15.6. The van der Waals surface area contributed by atoms with Gasteiger partial charge in [-0.2, -0.15) is 12.8 Å². The van der Waals surface area contributed by atoms with E-state index in [1.807, 2.05) is 17.0 Å². The predicted octanol–water partition coefficient (Wildman–Crippen LogP) is 0.494. The first-order valence-electron chi connectivity index (χ1n) is 7.64. The first-order chi connectivity index (χ1) is 11.9. The van der Waals surface area contributed by atoms with Gasteiger partial charge in [0, 0.05) is 13.6 Å². The molecule has 0 bridgehead atoms. The van der Waals surface area contributed by atoms with E-state index < -0.39 is 16.5 Å². The highest BCUT2D eigenvalue weighted by Gasteiger charge is 2.36. The van der Waals surface area contributed by atoms with Gasteiger partial charge in [0.15, 0.2) is 5.11 Å². The Morgan fingerprint density at radius 2 is 2.08 bits per heavy atom. The summed E-state index contributed by atoms with van der Waals surface area (Å²) in [6.45, 7) is 0.651. The molecule has 136 valence electrons. The second-order valence-corrected chi connectivity index (χ2v) is 6.55. The maximum atomic E-state index is 12.1. The summed E-state index contributed by atoms with van der Waals surface area (Å²) >= 11 is 4.93. The second kappa shape index (κ2) is 8.88. The minimum atomic E-state index is -2.50. The van der Waals surface area contributed by atoms with Gasteiger partial charge in [0.25, 0.3) is 0 Å². The van der Waals surface area contributed by atoms with E-state index in [0.29, 0.717) is 18.7 Å². The predicted molar refractivity (Wildman–Crippen MR) is 96.9 cm³/mol. The Labute approximate surface area is 153 Å². The third-order valence-corrected chi connectivity index (χ3v) is 4.72. The van der Waals surface area contributed by atoms with Gasteiger partial charge >= 0.3 is 10.5 Å². The normalized spacial score (nSPS) is 19.9. The number of rotatable bonds is 5. The minimum absolute atomic E-state index is 0.0933. The molecule has 2 N–H and O–H groups in total. The van der Waals surface area contributed by atoms with Gasteiger partial charge in [-0.05, 0) is 36.3 Å². The number of ether oxygens (including phenoxy) is 1. The zero-order chi connectivity index (χ0) is 18.4. The van der Waals surface area contributed by atoms with Crippen LogP contribution in [0.25, 0.3) is 0 Å². The Bertz CT molecular complexity index is 756. The van der Waals surface area contributed by atoms with Crippen LogP contribution >= 0.6 is 12.2 Å². The lowest BCUT2D eigenvalue weighted by Crippen LogP contribution is -2.43. The van der Waals surface area contributed by atoms with Gasteiger partial charge in [0.2, 0.25) is 5.91 Å². The number of benzene rings is 1. The molecule has 0 spiro atoms. The summed E-state index contributed by atoms with van der Waals surface area (Å²) in [5.41, 5.74) is 0.876. The molecule has 0 aromatic heterocycles. The maximum Gasteiger partial charge on any atom is 0.311 e. The number of carbonyl (C=O) groups excluding carboxylic acids is 1. The van der Waals surface area contributed by atoms with Crippen molar-refractivity contribution in [2.75, 3.05) is 27.2 Å².